The Morgan fingerprint density at radius 2 is 2.50 bits per heavy atom. The molecule has 1 aliphatic heterocycles. The van der Waals surface area contributed by atoms with Crippen molar-refractivity contribution in [3.63, 3.8) is 0 Å². The molecule has 1 aliphatic rings. The number of carboxylic acids is 1. The van der Waals surface area contributed by atoms with Gasteiger partial charge in [0.25, 0.3) is 0 Å². The summed E-state index contributed by atoms with van der Waals surface area (Å²) in [6, 6.07) is 1.43. The van der Waals surface area contributed by atoms with Gasteiger partial charge in [0.2, 0.25) is 0 Å². The minimum Gasteiger partial charge on any atom is -0.478 e. The van der Waals surface area contributed by atoms with Crippen LogP contribution in [-0.4, -0.2) is 40.2 Å². The first-order valence-corrected chi connectivity index (χ1v) is 7.02. The molecule has 0 spiro atoms. The van der Waals surface area contributed by atoms with Crippen molar-refractivity contribution in [1.29, 1.82) is 0 Å². The summed E-state index contributed by atoms with van der Waals surface area (Å²) < 4.78 is 0. The summed E-state index contributed by atoms with van der Waals surface area (Å²) in [7, 11) is 0. The van der Waals surface area contributed by atoms with Crippen molar-refractivity contribution in [3.8, 4) is 0 Å². The van der Waals surface area contributed by atoms with E-state index in [1.165, 1.54) is 6.07 Å². The summed E-state index contributed by atoms with van der Waals surface area (Å²) in [5, 5.41) is 9.78. The van der Waals surface area contributed by atoms with Gasteiger partial charge in [0.1, 0.15) is 5.82 Å². The van der Waals surface area contributed by atoms with Gasteiger partial charge in [0.05, 0.1) is 17.4 Å². The van der Waals surface area contributed by atoms with Gasteiger partial charge in [-0.1, -0.05) is 6.92 Å². The van der Waals surface area contributed by atoms with Gasteiger partial charge in [-0.15, -0.1) is 0 Å². The molecular formula is C12H17N3O2S. The molecule has 3 N–H and O–H groups in total. The van der Waals surface area contributed by atoms with E-state index in [4.69, 9.17) is 5.73 Å². The Morgan fingerprint density at radius 1 is 1.72 bits per heavy atom. The predicted molar refractivity (Wildman–Crippen MR) is 74.4 cm³/mol. The fourth-order valence-corrected chi connectivity index (χ4v) is 3.25. The fraction of sp³-hybridized carbons (Fsp3) is 0.500. The molecule has 98 valence electrons. The number of carboxylic acid groups (broad SMARTS) is 1. The predicted octanol–water partition coefficient (Wildman–Crippen LogP) is 1.69. The van der Waals surface area contributed by atoms with Crippen LogP contribution in [0.15, 0.2) is 12.3 Å². The van der Waals surface area contributed by atoms with Crippen LogP contribution in [0.1, 0.15) is 23.7 Å². The zero-order valence-corrected chi connectivity index (χ0v) is 11.1. The van der Waals surface area contributed by atoms with Gasteiger partial charge in [-0.25, -0.2) is 9.78 Å². The number of nitrogens with zero attached hydrogens (tertiary/aromatic N) is 2. The van der Waals surface area contributed by atoms with Gasteiger partial charge in [-0.2, -0.15) is 11.8 Å². The van der Waals surface area contributed by atoms with Gasteiger partial charge >= 0.3 is 5.97 Å². The summed E-state index contributed by atoms with van der Waals surface area (Å²) >= 11 is 1.94. The van der Waals surface area contributed by atoms with E-state index in [0.29, 0.717) is 10.9 Å². The largest absolute Gasteiger partial charge is 0.478 e. The third kappa shape index (κ3) is 2.69. The van der Waals surface area contributed by atoms with E-state index < -0.39 is 5.97 Å². The van der Waals surface area contributed by atoms with Crippen molar-refractivity contribution < 1.29 is 9.90 Å². The highest BCUT2D eigenvalue weighted by molar-refractivity contribution is 8.00. The lowest BCUT2D eigenvalue weighted by molar-refractivity contribution is 0.0697. The Morgan fingerprint density at radius 3 is 3.17 bits per heavy atom. The molecular weight excluding hydrogens is 250 g/mol. The normalized spacial score (nSPS) is 19.8. The molecule has 1 unspecified atom stereocenters. The molecule has 1 saturated heterocycles. The SMILES string of the molecule is CCC1CN(c2cnc(N)cc2C(=O)O)CCS1. The Bertz CT molecular complexity index is 453. The van der Waals surface area contributed by atoms with Crippen molar-refractivity contribution in [3.05, 3.63) is 17.8 Å². The number of anilines is 2. The van der Waals surface area contributed by atoms with E-state index in [2.05, 4.69) is 16.8 Å². The lowest BCUT2D eigenvalue weighted by Crippen LogP contribution is -2.38. The monoisotopic (exact) mass is 267 g/mol. The van der Waals surface area contributed by atoms with Gasteiger partial charge in [0, 0.05) is 24.1 Å². The molecule has 1 atom stereocenters. The highest BCUT2D eigenvalue weighted by Crippen LogP contribution is 2.28. The summed E-state index contributed by atoms with van der Waals surface area (Å²) in [5.74, 6) is 0.307. The Balaban J connectivity index is 2.29. The number of nitrogens with two attached hydrogens (primary N) is 1. The van der Waals surface area contributed by atoms with E-state index in [1.54, 1.807) is 6.20 Å². The van der Waals surface area contributed by atoms with Crippen LogP contribution in [0, 0.1) is 0 Å². The molecule has 0 amide bonds. The maximum atomic E-state index is 11.3. The van der Waals surface area contributed by atoms with Crippen molar-refractivity contribution in [2.24, 2.45) is 0 Å². The van der Waals surface area contributed by atoms with Crippen LogP contribution in [0.25, 0.3) is 0 Å². The minimum absolute atomic E-state index is 0.240. The molecule has 5 nitrogen and oxygen atoms in total. The van der Waals surface area contributed by atoms with Crippen LogP contribution in [0.2, 0.25) is 0 Å². The van der Waals surface area contributed by atoms with E-state index in [-0.39, 0.29) is 11.4 Å². The Kier molecular flexibility index (Phi) is 3.96. The van der Waals surface area contributed by atoms with E-state index in [0.717, 1.165) is 25.3 Å². The number of pyridine rings is 1. The molecule has 0 aromatic carbocycles. The standard InChI is InChI=1S/C12H17N3O2S/c1-2-8-7-15(3-4-18-8)10-6-14-11(13)5-9(10)12(16)17/h5-6,8H,2-4,7H2,1H3,(H2,13,14)(H,16,17). The molecule has 0 bridgehead atoms. The van der Waals surface area contributed by atoms with Crippen molar-refractivity contribution in [2.75, 3.05) is 29.5 Å². The average molecular weight is 267 g/mol. The Labute approximate surface area is 110 Å². The average Bonchev–Trinajstić information content (AvgIpc) is 2.38. The van der Waals surface area contributed by atoms with Gasteiger partial charge in [0.15, 0.2) is 0 Å². The van der Waals surface area contributed by atoms with Gasteiger partial charge in [-0.3, -0.25) is 0 Å². The van der Waals surface area contributed by atoms with Gasteiger partial charge < -0.3 is 15.7 Å². The first-order valence-electron chi connectivity index (χ1n) is 5.97. The first-order chi connectivity index (χ1) is 8.61. The number of carbonyl (C=O) groups is 1. The maximum Gasteiger partial charge on any atom is 0.338 e. The van der Waals surface area contributed by atoms with Crippen LogP contribution in [0.5, 0.6) is 0 Å². The van der Waals surface area contributed by atoms with Crippen LogP contribution in [0.4, 0.5) is 11.5 Å². The molecule has 18 heavy (non-hydrogen) atoms. The molecule has 1 fully saturated rings. The molecule has 2 rings (SSSR count). The molecule has 0 saturated carbocycles. The summed E-state index contributed by atoms with van der Waals surface area (Å²) in [5.41, 5.74) is 6.47. The number of rotatable bonds is 3. The summed E-state index contributed by atoms with van der Waals surface area (Å²) in [6.07, 6.45) is 2.66. The van der Waals surface area contributed by atoms with E-state index >= 15 is 0 Å². The molecule has 1 aromatic heterocycles. The summed E-state index contributed by atoms with van der Waals surface area (Å²) in [6.45, 7) is 3.88. The van der Waals surface area contributed by atoms with E-state index in [1.807, 2.05) is 11.8 Å². The third-order valence-electron chi connectivity index (χ3n) is 3.07. The number of aromatic carboxylic acids is 1. The molecule has 0 radical (unpaired) electrons. The van der Waals surface area contributed by atoms with Crippen LogP contribution >= 0.6 is 11.8 Å². The molecule has 0 aliphatic carbocycles. The van der Waals surface area contributed by atoms with Gasteiger partial charge in [-0.05, 0) is 12.5 Å². The maximum absolute atomic E-state index is 11.3. The lowest BCUT2D eigenvalue weighted by Gasteiger charge is -2.34. The number of nitrogen functional groups attached to an aromatic ring is 1. The highest BCUT2D eigenvalue weighted by Gasteiger charge is 2.23. The van der Waals surface area contributed by atoms with Crippen molar-refractivity contribution >= 4 is 29.2 Å². The first kappa shape index (κ1) is 13.0. The number of thioether (sulfide) groups is 1. The van der Waals surface area contributed by atoms with Crippen LogP contribution in [-0.2, 0) is 0 Å². The number of hydrogen-bond donors (Lipinski definition) is 2. The van der Waals surface area contributed by atoms with Crippen LogP contribution in [0.3, 0.4) is 0 Å². The Hall–Kier alpha value is -1.43. The highest BCUT2D eigenvalue weighted by atomic mass is 32.2. The molecule has 1 aromatic rings. The summed E-state index contributed by atoms with van der Waals surface area (Å²) in [4.78, 5) is 17.4. The number of hydrogen-bond acceptors (Lipinski definition) is 5. The smallest absolute Gasteiger partial charge is 0.338 e. The van der Waals surface area contributed by atoms with Crippen LogP contribution < -0.4 is 10.6 Å². The third-order valence-corrected chi connectivity index (χ3v) is 4.44. The minimum atomic E-state index is -0.953. The lowest BCUT2D eigenvalue weighted by atomic mass is 10.2. The molecule has 2 heterocycles. The number of aromatic nitrogens is 1. The van der Waals surface area contributed by atoms with Crippen molar-refractivity contribution in [1.82, 2.24) is 4.98 Å². The second kappa shape index (κ2) is 5.48. The fourth-order valence-electron chi connectivity index (χ4n) is 2.07. The van der Waals surface area contributed by atoms with E-state index in [9.17, 15) is 9.90 Å². The van der Waals surface area contributed by atoms with Crippen molar-refractivity contribution in [2.45, 2.75) is 18.6 Å². The second-order valence-corrected chi connectivity index (χ2v) is 5.69. The topological polar surface area (TPSA) is 79.5 Å². The zero-order chi connectivity index (χ0) is 13.1. The second-order valence-electron chi connectivity index (χ2n) is 4.28. The quantitative estimate of drug-likeness (QED) is 0.867. The molecule has 6 heteroatoms. The zero-order valence-electron chi connectivity index (χ0n) is 10.3.